The lowest BCUT2D eigenvalue weighted by Gasteiger charge is -2.17. The molecule has 0 fully saturated rings. The van der Waals surface area contributed by atoms with Gasteiger partial charge in [0.1, 0.15) is 5.70 Å². The number of aromatic nitrogens is 2. The van der Waals surface area contributed by atoms with Crippen LogP contribution in [0.25, 0.3) is 6.08 Å². The van der Waals surface area contributed by atoms with E-state index in [4.69, 9.17) is 16.1 Å². The number of halogens is 1. The van der Waals surface area contributed by atoms with E-state index in [1.807, 2.05) is 30.3 Å². The second-order valence-corrected chi connectivity index (χ2v) is 8.50. The molecule has 33 heavy (non-hydrogen) atoms. The predicted octanol–water partition coefficient (Wildman–Crippen LogP) is 2.93. The Morgan fingerprint density at radius 1 is 1.21 bits per heavy atom. The highest BCUT2D eigenvalue weighted by molar-refractivity contribution is 8.14. The van der Waals surface area contributed by atoms with E-state index in [0.29, 0.717) is 15.9 Å². The van der Waals surface area contributed by atoms with Crippen LogP contribution in [0.4, 0.5) is 11.6 Å². The lowest BCUT2D eigenvalue weighted by molar-refractivity contribution is -0.753. The summed E-state index contributed by atoms with van der Waals surface area (Å²) in [5.41, 5.74) is 1.73. The number of rotatable bonds is 6. The first-order valence-corrected chi connectivity index (χ1v) is 11.2. The minimum Gasteiger partial charge on any atom is -0.288 e. The lowest BCUT2D eigenvalue weighted by atomic mass is 10.2. The highest BCUT2D eigenvalue weighted by Crippen LogP contribution is 2.29. The molecule has 0 saturated carbocycles. The van der Waals surface area contributed by atoms with Crippen molar-refractivity contribution in [1.82, 2.24) is 5.27 Å². The van der Waals surface area contributed by atoms with Gasteiger partial charge < -0.3 is 0 Å². The number of aliphatic imine (C=N–C) groups is 1. The number of anilines is 2. The maximum Gasteiger partial charge on any atom is 0.305 e. The van der Waals surface area contributed by atoms with Gasteiger partial charge in [-0.3, -0.25) is 24.3 Å². The first kappa shape index (κ1) is 22.6. The predicted molar refractivity (Wildman–Crippen MR) is 129 cm³/mol. The number of hydrogen-bond acceptors (Lipinski definition) is 7. The van der Waals surface area contributed by atoms with Gasteiger partial charge >= 0.3 is 5.88 Å². The van der Waals surface area contributed by atoms with Crippen molar-refractivity contribution < 1.29 is 18.9 Å². The maximum atomic E-state index is 13.2. The van der Waals surface area contributed by atoms with Crippen molar-refractivity contribution in [3.8, 4) is 0 Å². The highest BCUT2D eigenvalue weighted by atomic mass is 35.5. The number of nitrogens with one attached hydrogen (secondary N) is 1. The van der Waals surface area contributed by atoms with Crippen molar-refractivity contribution in [1.29, 1.82) is 0 Å². The van der Waals surface area contributed by atoms with Gasteiger partial charge in [0, 0.05) is 5.02 Å². The molecule has 11 heteroatoms. The standard InChI is InChI=1S/C22H19ClN6O3S/c1-27(2)28-13-20(32-26-28)25-19(30)14-33-22-24-18(12-15-8-10-16(23)11-9-15)21(31)29(22)17-6-4-3-5-7-17/h3-13H,14H2,1-2H3/p+1/b18-12+. The first-order valence-electron chi connectivity index (χ1n) is 9.85. The SMILES string of the molecule is CN(C)[n+]1cc(NC(=O)CSC2=N/C(=C/c3ccc(Cl)cc3)C(=O)N2c2ccccc2)on1. The fraction of sp³-hybridized carbons (Fsp3) is 0.136. The number of para-hydroxylation sites is 1. The smallest absolute Gasteiger partial charge is 0.288 e. The van der Waals surface area contributed by atoms with E-state index in [1.54, 1.807) is 55.6 Å². The Bertz CT molecular complexity index is 1220. The number of benzene rings is 2. The zero-order valence-electron chi connectivity index (χ0n) is 17.8. The average Bonchev–Trinajstić information content (AvgIpc) is 3.39. The van der Waals surface area contributed by atoms with E-state index >= 15 is 0 Å². The summed E-state index contributed by atoms with van der Waals surface area (Å²) >= 11 is 7.10. The monoisotopic (exact) mass is 483 g/mol. The summed E-state index contributed by atoms with van der Waals surface area (Å²) in [7, 11) is 3.57. The average molecular weight is 484 g/mol. The second kappa shape index (κ2) is 9.88. The summed E-state index contributed by atoms with van der Waals surface area (Å²) in [5, 5.41) is 9.11. The summed E-state index contributed by atoms with van der Waals surface area (Å²) in [4.78, 5) is 33.1. The topological polar surface area (TPSA) is 94.9 Å². The molecule has 2 amide bonds. The molecule has 1 N–H and O–H groups in total. The van der Waals surface area contributed by atoms with Crippen LogP contribution in [0.3, 0.4) is 0 Å². The zero-order chi connectivity index (χ0) is 23.4. The first-order chi connectivity index (χ1) is 15.9. The summed E-state index contributed by atoms with van der Waals surface area (Å²) in [6.07, 6.45) is 3.24. The quantitative estimate of drug-likeness (QED) is 0.428. The van der Waals surface area contributed by atoms with Crippen LogP contribution < -0.4 is 20.0 Å². The van der Waals surface area contributed by atoms with Gasteiger partial charge in [-0.25, -0.2) is 4.99 Å². The van der Waals surface area contributed by atoms with Crippen LogP contribution in [0, 0.1) is 0 Å². The molecule has 0 aliphatic carbocycles. The molecule has 1 aliphatic heterocycles. The molecule has 2 aromatic carbocycles. The van der Waals surface area contributed by atoms with Crippen LogP contribution in [-0.4, -0.2) is 42.1 Å². The van der Waals surface area contributed by atoms with Gasteiger partial charge in [0.25, 0.3) is 12.1 Å². The molecule has 0 saturated heterocycles. The molecule has 1 aromatic heterocycles. The van der Waals surface area contributed by atoms with Gasteiger partial charge in [-0.05, 0) is 35.9 Å². The molecule has 3 aromatic rings. The summed E-state index contributed by atoms with van der Waals surface area (Å²) in [5.74, 6) is -0.365. The Morgan fingerprint density at radius 2 is 1.94 bits per heavy atom. The van der Waals surface area contributed by atoms with Crippen molar-refractivity contribution in [3.05, 3.63) is 77.1 Å². The van der Waals surface area contributed by atoms with Crippen molar-refractivity contribution >= 4 is 58.0 Å². The molecular formula is C22H20ClN6O3S+. The van der Waals surface area contributed by atoms with Crippen LogP contribution in [0.2, 0.25) is 5.02 Å². The number of amides is 2. The van der Waals surface area contributed by atoms with E-state index in [0.717, 1.165) is 17.3 Å². The van der Waals surface area contributed by atoms with Crippen LogP contribution in [0.5, 0.6) is 0 Å². The number of amidine groups is 1. The summed E-state index contributed by atoms with van der Waals surface area (Å²) < 4.78 is 5.08. The fourth-order valence-corrected chi connectivity index (χ4v) is 3.84. The van der Waals surface area contributed by atoms with E-state index in [9.17, 15) is 9.59 Å². The molecule has 0 spiro atoms. The number of hydrogen-bond donors (Lipinski definition) is 1. The van der Waals surface area contributed by atoms with E-state index in [-0.39, 0.29) is 29.1 Å². The van der Waals surface area contributed by atoms with Gasteiger partial charge in [-0.15, -0.1) is 0 Å². The Balaban J connectivity index is 1.52. The van der Waals surface area contributed by atoms with Crippen molar-refractivity contribution in [2.75, 3.05) is 35.1 Å². The third kappa shape index (κ3) is 5.41. The molecule has 168 valence electrons. The number of thioether (sulfide) groups is 1. The maximum absolute atomic E-state index is 13.2. The molecule has 2 heterocycles. The van der Waals surface area contributed by atoms with Gasteiger partial charge in [-0.1, -0.05) is 53.7 Å². The molecule has 4 rings (SSSR count). The van der Waals surface area contributed by atoms with Crippen LogP contribution in [0.15, 0.2) is 76.0 Å². The summed E-state index contributed by atoms with van der Waals surface area (Å²) in [6.45, 7) is 0. The Hall–Kier alpha value is -3.63. The van der Waals surface area contributed by atoms with Crippen molar-refractivity contribution in [2.24, 2.45) is 4.99 Å². The molecule has 0 atom stereocenters. The second-order valence-electron chi connectivity index (χ2n) is 7.12. The van der Waals surface area contributed by atoms with Crippen molar-refractivity contribution in [2.45, 2.75) is 0 Å². The van der Waals surface area contributed by atoms with Crippen LogP contribution in [0.1, 0.15) is 5.56 Å². The van der Waals surface area contributed by atoms with Crippen LogP contribution >= 0.6 is 23.4 Å². The van der Waals surface area contributed by atoms with E-state index < -0.39 is 0 Å². The van der Waals surface area contributed by atoms with Gasteiger partial charge in [0.2, 0.25) is 11.2 Å². The van der Waals surface area contributed by atoms with Gasteiger partial charge in [0.05, 0.1) is 30.3 Å². The lowest BCUT2D eigenvalue weighted by Crippen LogP contribution is -2.53. The van der Waals surface area contributed by atoms with Gasteiger partial charge in [0.15, 0.2) is 5.17 Å². The zero-order valence-corrected chi connectivity index (χ0v) is 19.4. The third-order valence-electron chi connectivity index (χ3n) is 4.48. The largest absolute Gasteiger partial charge is 0.305 e. The Kier molecular flexibility index (Phi) is 6.76. The molecule has 1 aliphatic rings. The molecule has 0 unspecified atom stereocenters. The molecule has 0 radical (unpaired) electrons. The molecular weight excluding hydrogens is 464 g/mol. The number of carbonyl (C=O) groups is 2. The van der Waals surface area contributed by atoms with E-state index in [2.05, 4.69) is 15.6 Å². The highest BCUT2D eigenvalue weighted by Gasteiger charge is 2.32. The normalized spacial score (nSPS) is 14.5. The minimum absolute atomic E-state index is 0.0202. The Morgan fingerprint density at radius 3 is 2.61 bits per heavy atom. The number of nitrogens with zero attached hydrogens (tertiary/aromatic N) is 5. The Labute approximate surface area is 199 Å². The molecule has 9 nitrogen and oxygen atoms in total. The van der Waals surface area contributed by atoms with Gasteiger partial charge in [-0.2, -0.15) is 5.01 Å². The van der Waals surface area contributed by atoms with E-state index in [1.165, 1.54) is 9.69 Å². The number of carbonyl (C=O) groups excluding carboxylic acids is 2. The molecule has 0 bridgehead atoms. The third-order valence-corrected chi connectivity index (χ3v) is 5.67. The fourth-order valence-electron chi connectivity index (χ4n) is 2.90. The van der Waals surface area contributed by atoms with Crippen molar-refractivity contribution in [3.63, 3.8) is 0 Å². The summed E-state index contributed by atoms with van der Waals surface area (Å²) in [6, 6.07) is 16.3. The van der Waals surface area contributed by atoms with Crippen LogP contribution in [-0.2, 0) is 9.59 Å². The minimum atomic E-state index is -0.319.